The highest BCUT2D eigenvalue weighted by Gasteiger charge is 2.23. The molecule has 7 aromatic carbocycles. The van der Waals surface area contributed by atoms with Crippen LogP contribution >= 0.6 is 0 Å². The highest BCUT2D eigenvalue weighted by Crippen LogP contribution is 2.42. The van der Waals surface area contributed by atoms with E-state index in [1.807, 2.05) is 60.7 Å². The molecule has 3 heterocycles. The summed E-state index contributed by atoms with van der Waals surface area (Å²) in [6.45, 7) is 2.19. The molecule has 10 aromatic rings. The van der Waals surface area contributed by atoms with Crippen molar-refractivity contribution in [1.82, 2.24) is 24.1 Å². The third-order valence-corrected chi connectivity index (χ3v) is 9.97. The zero-order valence-corrected chi connectivity index (χ0v) is 27.9. The highest BCUT2D eigenvalue weighted by atomic mass is 15.1. The Bertz CT molecular complexity index is 2850. The quantitative estimate of drug-likeness (QED) is 0.186. The molecule has 0 unspecified atom stereocenters. The van der Waals surface area contributed by atoms with Crippen molar-refractivity contribution in [2.75, 3.05) is 0 Å². The number of aromatic nitrogens is 5. The van der Waals surface area contributed by atoms with E-state index >= 15 is 0 Å². The molecule has 0 fully saturated rings. The standard InChI is InChI=1S/C46H31N5/c1-30-34(46-48-44(31-16-5-2-6-17-31)47-45(49-46)32-18-7-3-8-19-32)24-15-27-39(30)51-41-26-14-12-23-36(41)38-29-28-37-35-22-11-13-25-40(35)50(42(37)43(38)51)33-20-9-4-10-21-33/h2-29H,1H3. The van der Waals surface area contributed by atoms with Crippen LogP contribution in [0.5, 0.6) is 0 Å². The van der Waals surface area contributed by atoms with E-state index in [1.165, 1.54) is 38.1 Å². The van der Waals surface area contributed by atoms with E-state index in [0.717, 1.165) is 39.1 Å². The van der Waals surface area contributed by atoms with Crippen LogP contribution in [0.15, 0.2) is 170 Å². The predicted octanol–water partition coefficient (Wildman–Crippen LogP) is 11.4. The number of hydrogen-bond donors (Lipinski definition) is 0. The summed E-state index contributed by atoms with van der Waals surface area (Å²) in [5.74, 6) is 1.94. The van der Waals surface area contributed by atoms with Crippen molar-refractivity contribution in [1.29, 1.82) is 0 Å². The van der Waals surface area contributed by atoms with Gasteiger partial charge in [-0.3, -0.25) is 0 Å². The monoisotopic (exact) mass is 653 g/mol. The lowest BCUT2D eigenvalue weighted by molar-refractivity contribution is 1.06. The molecule has 0 spiro atoms. The Balaban J connectivity index is 1.29. The van der Waals surface area contributed by atoms with Crippen LogP contribution in [0, 0.1) is 6.92 Å². The molecule has 5 heteroatoms. The smallest absolute Gasteiger partial charge is 0.164 e. The maximum atomic E-state index is 5.10. The zero-order chi connectivity index (χ0) is 33.9. The summed E-state index contributed by atoms with van der Waals surface area (Å²) >= 11 is 0. The first-order valence-corrected chi connectivity index (χ1v) is 17.2. The Morgan fingerprint density at radius 3 is 1.43 bits per heavy atom. The van der Waals surface area contributed by atoms with Crippen molar-refractivity contribution in [3.05, 3.63) is 175 Å². The minimum atomic E-state index is 0.645. The fourth-order valence-corrected chi connectivity index (χ4v) is 7.63. The molecule has 0 saturated heterocycles. The number of fused-ring (bicyclic) bond motifs is 7. The van der Waals surface area contributed by atoms with Crippen molar-refractivity contribution in [3.8, 4) is 45.5 Å². The van der Waals surface area contributed by atoms with Gasteiger partial charge >= 0.3 is 0 Å². The van der Waals surface area contributed by atoms with E-state index in [4.69, 9.17) is 15.0 Å². The van der Waals surface area contributed by atoms with Gasteiger partial charge < -0.3 is 9.13 Å². The number of benzene rings is 7. The number of para-hydroxylation sites is 3. The maximum Gasteiger partial charge on any atom is 0.164 e. The van der Waals surface area contributed by atoms with Crippen LogP contribution in [-0.4, -0.2) is 24.1 Å². The number of rotatable bonds is 5. The summed E-state index contributed by atoms with van der Waals surface area (Å²) in [6, 6.07) is 59.5. The van der Waals surface area contributed by atoms with Crippen LogP contribution in [0.25, 0.3) is 89.2 Å². The average molecular weight is 654 g/mol. The lowest BCUT2D eigenvalue weighted by Crippen LogP contribution is -2.04. The summed E-state index contributed by atoms with van der Waals surface area (Å²) in [5, 5.41) is 4.87. The minimum Gasteiger partial charge on any atom is -0.307 e. The Morgan fingerprint density at radius 2 is 0.843 bits per heavy atom. The average Bonchev–Trinajstić information content (AvgIpc) is 3.72. The van der Waals surface area contributed by atoms with Gasteiger partial charge in [0.2, 0.25) is 0 Å². The number of nitrogens with zero attached hydrogens (tertiary/aromatic N) is 5. The SMILES string of the molecule is Cc1c(-c2nc(-c3ccccc3)nc(-c3ccccc3)n2)cccc1-n1c2ccccc2c2ccc3c4ccccc4n(-c4ccccc4)c3c21. The molecule has 0 bridgehead atoms. The third-order valence-electron chi connectivity index (χ3n) is 9.97. The van der Waals surface area contributed by atoms with Gasteiger partial charge in [-0.25, -0.2) is 15.0 Å². The summed E-state index contributed by atoms with van der Waals surface area (Å²) in [6.07, 6.45) is 0. The maximum absolute atomic E-state index is 5.10. The fraction of sp³-hybridized carbons (Fsp3) is 0.0217. The second-order valence-corrected chi connectivity index (χ2v) is 12.9. The molecule has 5 nitrogen and oxygen atoms in total. The van der Waals surface area contributed by atoms with Crippen LogP contribution < -0.4 is 0 Å². The Morgan fingerprint density at radius 1 is 0.373 bits per heavy atom. The second-order valence-electron chi connectivity index (χ2n) is 12.9. The molecular formula is C46H31N5. The van der Waals surface area contributed by atoms with Gasteiger partial charge in [-0.2, -0.15) is 0 Å². The minimum absolute atomic E-state index is 0.645. The van der Waals surface area contributed by atoms with Crippen LogP contribution in [0.2, 0.25) is 0 Å². The normalized spacial score (nSPS) is 11.6. The molecule has 51 heavy (non-hydrogen) atoms. The van der Waals surface area contributed by atoms with E-state index < -0.39 is 0 Å². The van der Waals surface area contributed by atoms with Crippen LogP contribution in [0.4, 0.5) is 0 Å². The molecular weight excluding hydrogens is 623 g/mol. The largest absolute Gasteiger partial charge is 0.307 e. The Hall–Kier alpha value is -6.85. The first kappa shape index (κ1) is 29.1. The van der Waals surface area contributed by atoms with Gasteiger partial charge in [0.15, 0.2) is 17.5 Å². The molecule has 0 amide bonds. The lowest BCUT2D eigenvalue weighted by atomic mass is 10.0. The molecule has 240 valence electrons. The first-order valence-electron chi connectivity index (χ1n) is 17.2. The van der Waals surface area contributed by atoms with E-state index in [9.17, 15) is 0 Å². The van der Waals surface area contributed by atoms with Crippen molar-refractivity contribution >= 4 is 43.6 Å². The molecule has 0 atom stereocenters. The Labute approximate surface area is 294 Å². The summed E-state index contributed by atoms with van der Waals surface area (Å²) in [4.78, 5) is 15.2. The van der Waals surface area contributed by atoms with Gasteiger partial charge in [0.25, 0.3) is 0 Å². The molecule has 0 N–H and O–H groups in total. The Kier molecular flexibility index (Phi) is 6.64. The predicted molar refractivity (Wildman–Crippen MR) is 210 cm³/mol. The van der Waals surface area contributed by atoms with Crippen LogP contribution in [0.3, 0.4) is 0 Å². The van der Waals surface area contributed by atoms with Crippen LogP contribution in [-0.2, 0) is 0 Å². The van der Waals surface area contributed by atoms with Crippen molar-refractivity contribution in [2.24, 2.45) is 0 Å². The van der Waals surface area contributed by atoms with Gasteiger partial charge in [0.1, 0.15) is 0 Å². The van der Waals surface area contributed by atoms with Gasteiger partial charge in [-0.05, 0) is 42.8 Å². The topological polar surface area (TPSA) is 48.5 Å². The van der Waals surface area contributed by atoms with Gasteiger partial charge in [0.05, 0.1) is 22.1 Å². The molecule has 0 aliphatic rings. The highest BCUT2D eigenvalue weighted by molar-refractivity contribution is 6.23. The first-order chi connectivity index (χ1) is 25.2. The summed E-state index contributed by atoms with van der Waals surface area (Å²) in [5.41, 5.74) is 10.8. The van der Waals surface area contributed by atoms with Gasteiger partial charge in [-0.1, -0.05) is 140 Å². The summed E-state index contributed by atoms with van der Waals surface area (Å²) < 4.78 is 4.87. The second kappa shape index (κ2) is 11.6. The van der Waals surface area contributed by atoms with E-state index in [2.05, 4.69) is 125 Å². The zero-order valence-electron chi connectivity index (χ0n) is 27.9. The van der Waals surface area contributed by atoms with Gasteiger partial charge in [-0.15, -0.1) is 0 Å². The number of hydrogen-bond acceptors (Lipinski definition) is 3. The summed E-state index contributed by atoms with van der Waals surface area (Å²) in [7, 11) is 0. The molecule has 0 aliphatic heterocycles. The fourth-order valence-electron chi connectivity index (χ4n) is 7.63. The molecule has 10 rings (SSSR count). The van der Waals surface area contributed by atoms with E-state index in [-0.39, 0.29) is 0 Å². The van der Waals surface area contributed by atoms with Crippen molar-refractivity contribution in [3.63, 3.8) is 0 Å². The lowest BCUT2D eigenvalue weighted by Gasteiger charge is -2.16. The van der Waals surface area contributed by atoms with Crippen LogP contribution in [0.1, 0.15) is 5.56 Å². The van der Waals surface area contributed by atoms with Crippen molar-refractivity contribution in [2.45, 2.75) is 6.92 Å². The molecule has 0 saturated carbocycles. The van der Waals surface area contributed by atoms with Gasteiger partial charge in [0, 0.05) is 49.6 Å². The molecule has 3 aromatic heterocycles. The van der Waals surface area contributed by atoms with Crippen molar-refractivity contribution < 1.29 is 0 Å². The van der Waals surface area contributed by atoms with E-state index in [0.29, 0.717) is 17.5 Å². The van der Waals surface area contributed by atoms with E-state index in [1.54, 1.807) is 0 Å². The molecule has 0 aliphatic carbocycles. The molecule has 0 radical (unpaired) electrons. The third kappa shape index (κ3) is 4.59.